The van der Waals surface area contributed by atoms with Crippen LogP contribution in [0.2, 0.25) is 0 Å². The van der Waals surface area contributed by atoms with Crippen molar-refractivity contribution in [1.82, 2.24) is 4.90 Å². The molecule has 1 heterocycles. The van der Waals surface area contributed by atoms with Gasteiger partial charge in [0, 0.05) is 12.5 Å². The lowest BCUT2D eigenvalue weighted by atomic mass is 10.1. The van der Waals surface area contributed by atoms with E-state index in [4.69, 9.17) is 9.47 Å². The molecule has 1 aliphatic heterocycles. The number of nitrogens with zero attached hydrogens (tertiary/aromatic N) is 1. The monoisotopic (exact) mass is 249 g/mol. The molecule has 4 nitrogen and oxygen atoms in total. The number of rotatable bonds is 4. The standard InChI is InChI=1S/C14H19NO3/c1-10-7-8-14(16)15(10)9-11-12(17-2)5-4-6-13(11)18-3/h4-6,10H,7-9H2,1-3H3/t10-/m1/s1. The second-order valence-electron chi connectivity index (χ2n) is 4.55. The largest absolute Gasteiger partial charge is 0.496 e. The van der Waals surface area contributed by atoms with Crippen LogP contribution >= 0.6 is 0 Å². The first kappa shape index (κ1) is 12.7. The Balaban J connectivity index is 2.29. The number of carbonyl (C=O) groups is 1. The fourth-order valence-electron chi connectivity index (χ4n) is 2.38. The molecule has 1 atom stereocenters. The first-order valence-electron chi connectivity index (χ1n) is 6.16. The van der Waals surface area contributed by atoms with E-state index < -0.39 is 0 Å². The van der Waals surface area contributed by atoms with Crippen molar-refractivity contribution in [3.63, 3.8) is 0 Å². The van der Waals surface area contributed by atoms with E-state index in [2.05, 4.69) is 6.92 Å². The molecule has 1 aliphatic rings. The molecule has 0 radical (unpaired) electrons. The van der Waals surface area contributed by atoms with E-state index >= 15 is 0 Å². The SMILES string of the molecule is COc1cccc(OC)c1CN1C(=O)CC[C@H]1C. The van der Waals surface area contributed by atoms with Gasteiger partial charge in [-0.1, -0.05) is 6.07 Å². The van der Waals surface area contributed by atoms with Gasteiger partial charge in [-0.05, 0) is 25.5 Å². The molecule has 1 aromatic carbocycles. The summed E-state index contributed by atoms with van der Waals surface area (Å²) in [6, 6.07) is 5.95. The molecule has 1 amide bonds. The number of amides is 1. The molecule has 1 aromatic rings. The van der Waals surface area contributed by atoms with Crippen LogP contribution in [0.15, 0.2) is 18.2 Å². The fraction of sp³-hybridized carbons (Fsp3) is 0.500. The molecule has 18 heavy (non-hydrogen) atoms. The predicted octanol–water partition coefficient (Wildman–Crippen LogP) is 2.21. The van der Waals surface area contributed by atoms with Gasteiger partial charge in [0.2, 0.25) is 5.91 Å². The summed E-state index contributed by atoms with van der Waals surface area (Å²) < 4.78 is 10.7. The molecule has 0 aromatic heterocycles. The van der Waals surface area contributed by atoms with Gasteiger partial charge in [-0.2, -0.15) is 0 Å². The van der Waals surface area contributed by atoms with E-state index in [1.54, 1.807) is 14.2 Å². The minimum absolute atomic E-state index is 0.204. The van der Waals surface area contributed by atoms with Crippen LogP contribution < -0.4 is 9.47 Å². The molecule has 4 heteroatoms. The molecule has 0 aliphatic carbocycles. The third-order valence-electron chi connectivity index (χ3n) is 3.49. The van der Waals surface area contributed by atoms with Crippen molar-refractivity contribution in [2.45, 2.75) is 32.4 Å². The lowest BCUT2D eigenvalue weighted by Crippen LogP contribution is -2.30. The highest BCUT2D eigenvalue weighted by Crippen LogP contribution is 2.32. The van der Waals surface area contributed by atoms with Gasteiger partial charge >= 0.3 is 0 Å². The van der Waals surface area contributed by atoms with Crippen molar-refractivity contribution in [3.8, 4) is 11.5 Å². The van der Waals surface area contributed by atoms with Gasteiger partial charge < -0.3 is 14.4 Å². The number of hydrogen-bond acceptors (Lipinski definition) is 3. The fourth-order valence-corrected chi connectivity index (χ4v) is 2.38. The second-order valence-corrected chi connectivity index (χ2v) is 4.55. The Morgan fingerprint density at radius 2 is 1.89 bits per heavy atom. The predicted molar refractivity (Wildman–Crippen MR) is 68.8 cm³/mol. The summed E-state index contributed by atoms with van der Waals surface area (Å²) in [6.45, 7) is 2.62. The zero-order chi connectivity index (χ0) is 13.1. The van der Waals surface area contributed by atoms with E-state index in [0.29, 0.717) is 13.0 Å². The van der Waals surface area contributed by atoms with Gasteiger partial charge in [0.25, 0.3) is 0 Å². The molecule has 0 bridgehead atoms. The van der Waals surface area contributed by atoms with E-state index in [1.165, 1.54) is 0 Å². The third kappa shape index (κ3) is 2.28. The Morgan fingerprint density at radius 3 is 2.33 bits per heavy atom. The van der Waals surface area contributed by atoms with Crippen molar-refractivity contribution in [1.29, 1.82) is 0 Å². The normalized spacial score (nSPS) is 19.2. The maximum absolute atomic E-state index is 11.8. The smallest absolute Gasteiger partial charge is 0.223 e. The molecule has 0 spiro atoms. The Labute approximate surface area is 107 Å². The summed E-state index contributed by atoms with van der Waals surface area (Å²) in [5.74, 6) is 1.73. The molecule has 0 N–H and O–H groups in total. The number of likely N-dealkylation sites (tertiary alicyclic amines) is 1. The summed E-state index contributed by atoms with van der Waals surface area (Å²) in [6.07, 6.45) is 1.56. The number of ether oxygens (including phenoxy) is 2. The average molecular weight is 249 g/mol. The number of carbonyl (C=O) groups excluding carboxylic acids is 1. The van der Waals surface area contributed by atoms with Crippen molar-refractivity contribution in [3.05, 3.63) is 23.8 Å². The second kappa shape index (κ2) is 5.29. The first-order valence-corrected chi connectivity index (χ1v) is 6.16. The van der Waals surface area contributed by atoms with E-state index in [-0.39, 0.29) is 11.9 Å². The van der Waals surface area contributed by atoms with Gasteiger partial charge in [-0.15, -0.1) is 0 Å². The molecule has 1 saturated heterocycles. The number of benzene rings is 1. The highest BCUT2D eigenvalue weighted by molar-refractivity contribution is 5.78. The molecular weight excluding hydrogens is 230 g/mol. The summed E-state index contributed by atoms with van der Waals surface area (Å²) in [4.78, 5) is 13.7. The van der Waals surface area contributed by atoms with Crippen molar-refractivity contribution < 1.29 is 14.3 Å². The van der Waals surface area contributed by atoms with Crippen LogP contribution in [0.1, 0.15) is 25.3 Å². The van der Waals surface area contributed by atoms with Crippen LogP contribution in [-0.4, -0.2) is 31.1 Å². The minimum atomic E-state index is 0.204. The highest BCUT2D eigenvalue weighted by atomic mass is 16.5. The maximum atomic E-state index is 11.8. The number of methoxy groups -OCH3 is 2. The van der Waals surface area contributed by atoms with Crippen LogP contribution in [0, 0.1) is 0 Å². The van der Waals surface area contributed by atoms with Crippen LogP contribution in [0.25, 0.3) is 0 Å². The zero-order valence-electron chi connectivity index (χ0n) is 11.1. The summed E-state index contributed by atoms with van der Waals surface area (Å²) >= 11 is 0. The topological polar surface area (TPSA) is 38.8 Å². The van der Waals surface area contributed by atoms with Gasteiger partial charge in [-0.3, -0.25) is 4.79 Å². The summed E-state index contributed by atoms with van der Waals surface area (Å²) in [7, 11) is 3.26. The zero-order valence-corrected chi connectivity index (χ0v) is 11.1. The Morgan fingerprint density at radius 1 is 1.28 bits per heavy atom. The van der Waals surface area contributed by atoms with Gasteiger partial charge in [0.15, 0.2) is 0 Å². The average Bonchev–Trinajstić information content (AvgIpc) is 2.70. The molecule has 0 unspecified atom stereocenters. The molecular formula is C14H19NO3. The van der Waals surface area contributed by atoms with Crippen LogP contribution in [0.3, 0.4) is 0 Å². The molecule has 2 rings (SSSR count). The van der Waals surface area contributed by atoms with E-state index in [0.717, 1.165) is 23.5 Å². The lowest BCUT2D eigenvalue weighted by Gasteiger charge is -2.24. The Bertz CT molecular complexity index is 422. The number of hydrogen-bond donors (Lipinski definition) is 0. The summed E-state index contributed by atoms with van der Waals surface area (Å²) in [5.41, 5.74) is 0.935. The molecule has 0 saturated carbocycles. The van der Waals surface area contributed by atoms with E-state index in [9.17, 15) is 4.79 Å². The van der Waals surface area contributed by atoms with Gasteiger partial charge in [0.05, 0.1) is 26.3 Å². The van der Waals surface area contributed by atoms with Crippen molar-refractivity contribution in [2.75, 3.05) is 14.2 Å². The van der Waals surface area contributed by atoms with Crippen LogP contribution in [0.5, 0.6) is 11.5 Å². The third-order valence-corrected chi connectivity index (χ3v) is 3.49. The maximum Gasteiger partial charge on any atom is 0.223 e. The van der Waals surface area contributed by atoms with E-state index in [1.807, 2.05) is 23.1 Å². The molecule has 1 fully saturated rings. The highest BCUT2D eigenvalue weighted by Gasteiger charge is 2.29. The minimum Gasteiger partial charge on any atom is -0.496 e. The van der Waals surface area contributed by atoms with Crippen molar-refractivity contribution >= 4 is 5.91 Å². The molecule has 98 valence electrons. The van der Waals surface area contributed by atoms with Gasteiger partial charge in [0.1, 0.15) is 11.5 Å². The first-order chi connectivity index (χ1) is 8.67. The van der Waals surface area contributed by atoms with Crippen LogP contribution in [0.4, 0.5) is 0 Å². The quantitative estimate of drug-likeness (QED) is 0.821. The lowest BCUT2D eigenvalue weighted by molar-refractivity contribution is -0.129. The summed E-state index contributed by atoms with van der Waals surface area (Å²) in [5, 5.41) is 0. The van der Waals surface area contributed by atoms with Gasteiger partial charge in [-0.25, -0.2) is 0 Å². The Hall–Kier alpha value is -1.71. The Kier molecular flexibility index (Phi) is 3.75. The van der Waals surface area contributed by atoms with Crippen LogP contribution in [-0.2, 0) is 11.3 Å². The van der Waals surface area contributed by atoms with Crippen molar-refractivity contribution in [2.24, 2.45) is 0 Å².